The summed E-state index contributed by atoms with van der Waals surface area (Å²) < 4.78 is 10.8. The molecular formula is C23H23NO5S. The van der Waals surface area contributed by atoms with Crippen molar-refractivity contribution < 1.29 is 23.9 Å². The van der Waals surface area contributed by atoms with Gasteiger partial charge in [0.15, 0.2) is 0 Å². The molecule has 1 heterocycles. The fraction of sp³-hybridized carbons (Fsp3) is 0.261. The van der Waals surface area contributed by atoms with Crippen LogP contribution in [-0.4, -0.2) is 34.7 Å². The van der Waals surface area contributed by atoms with Gasteiger partial charge in [0.2, 0.25) is 0 Å². The SMILES string of the molecule is Cc1ccccc1COc1ccc(/C=C2\SC(=O)N(CC(=O)OC(C)C)C2=O)cc1. The number of thioether (sulfide) groups is 1. The number of nitrogens with zero attached hydrogens (tertiary/aromatic N) is 1. The molecule has 2 aromatic carbocycles. The third kappa shape index (κ3) is 5.51. The lowest BCUT2D eigenvalue weighted by atomic mass is 10.1. The second kappa shape index (κ2) is 9.63. The van der Waals surface area contributed by atoms with E-state index in [-0.39, 0.29) is 17.6 Å². The van der Waals surface area contributed by atoms with Gasteiger partial charge >= 0.3 is 5.97 Å². The normalized spacial score (nSPS) is 15.2. The topological polar surface area (TPSA) is 72.9 Å². The molecule has 0 aliphatic carbocycles. The second-order valence-corrected chi connectivity index (χ2v) is 8.08. The lowest BCUT2D eigenvalue weighted by Crippen LogP contribution is -2.35. The Morgan fingerprint density at radius 3 is 2.47 bits per heavy atom. The van der Waals surface area contributed by atoms with E-state index in [2.05, 4.69) is 0 Å². The molecule has 0 radical (unpaired) electrons. The predicted molar refractivity (Wildman–Crippen MR) is 116 cm³/mol. The quantitative estimate of drug-likeness (QED) is 0.478. The molecule has 1 aliphatic heterocycles. The molecule has 30 heavy (non-hydrogen) atoms. The number of rotatable bonds is 7. The highest BCUT2D eigenvalue weighted by Gasteiger charge is 2.36. The molecule has 1 aliphatic rings. The van der Waals surface area contributed by atoms with Crippen LogP contribution < -0.4 is 4.74 Å². The van der Waals surface area contributed by atoms with Crippen LogP contribution >= 0.6 is 11.8 Å². The first kappa shape index (κ1) is 21.6. The van der Waals surface area contributed by atoms with E-state index in [1.807, 2.05) is 55.5 Å². The Labute approximate surface area is 179 Å². The molecule has 3 rings (SSSR count). The summed E-state index contributed by atoms with van der Waals surface area (Å²) in [5, 5.41) is -0.481. The maximum absolute atomic E-state index is 12.5. The molecular weight excluding hydrogens is 402 g/mol. The molecule has 0 bridgehead atoms. The number of carbonyl (C=O) groups is 3. The Bertz CT molecular complexity index is 981. The van der Waals surface area contributed by atoms with E-state index in [1.54, 1.807) is 19.9 Å². The van der Waals surface area contributed by atoms with Crippen LogP contribution in [0.5, 0.6) is 5.75 Å². The van der Waals surface area contributed by atoms with Crippen LogP contribution in [0.25, 0.3) is 6.08 Å². The number of amides is 2. The Balaban J connectivity index is 1.62. The largest absolute Gasteiger partial charge is 0.489 e. The summed E-state index contributed by atoms with van der Waals surface area (Å²) in [6.45, 7) is 5.54. The average molecular weight is 426 g/mol. The maximum Gasteiger partial charge on any atom is 0.326 e. The van der Waals surface area contributed by atoms with Crippen molar-refractivity contribution in [2.75, 3.05) is 6.54 Å². The molecule has 0 spiro atoms. The van der Waals surface area contributed by atoms with Crippen molar-refractivity contribution in [3.8, 4) is 5.75 Å². The van der Waals surface area contributed by atoms with Gasteiger partial charge in [0.05, 0.1) is 11.0 Å². The fourth-order valence-corrected chi connectivity index (χ4v) is 3.65. The van der Waals surface area contributed by atoms with E-state index in [4.69, 9.17) is 9.47 Å². The summed E-state index contributed by atoms with van der Waals surface area (Å²) in [6.07, 6.45) is 1.32. The zero-order valence-electron chi connectivity index (χ0n) is 17.1. The van der Waals surface area contributed by atoms with Crippen molar-refractivity contribution >= 4 is 35.0 Å². The summed E-state index contributed by atoms with van der Waals surface area (Å²) in [4.78, 5) is 37.5. The minimum atomic E-state index is -0.608. The summed E-state index contributed by atoms with van der Waals surface area (Å²) >= 11 is 0.810. The van der Waals surface area contributed by atoms with E-state index < -0.39 is 17.1 Å². The van der Waals surface area contributed by atoms with E-state index >= 15 is 0 Å². The Hall–Kier alpha value is -3.06. The summed E-state index contributed by atoms with van der Waals surface area (Å²) in [5.74, 6) is -0.394. The van der Waals surface area contributed by atoms with Gasteiger partial charge in [-0.2, -0.15) is 0 Å². The van der Waals surface area contributed by atoms with Gasteiger partial charge in [-0.1, -0.05) is 36.4 Å². The van der Waals surface area contributed by atoms with Gasteiger partial charge in [0.1, 0.15) is 18.9 Å². The van der Waals surface area contributed by atoms with Gasteiger partial charge < -0.3 is 9.47 Å². The molecule has 7 heteroatoms. The number of imide groups is 1. The molecule has 0 saturated carbocycles. The van der Waals surface area contributed by atoms with Gasteiger partial charge in [-0.25, -0.2) is 0 Å². The minimum Gasteiger partial charge on any atom is -0.489 e. The van der Waals surface area contributed by atoms with Gasteiger partial charge in [-0.05, 0) is 67.4 Å². The summed E-state index contributed by atoms with van der Waals surface area (Å²) in [5.41, 5.74) is 3.04. The highest BCUT2D eigenvalue weighted by Crippen LogP contribution is 2.32. The molecule has 2 amide bonds. The lowest BCUT2D eigenvalue weighted by molar-refractivity contribution is -0.149. The third-order valence-electron chi connectivity index (χ3n) is 4.36. The number of aryl methyl sites for hydroxylation is 1. The smallest absolute Gasteiger partial charge is 0.326 e. The maximum atomic E-state index is 12.5. The number of benzene rings is 2. The Morgan fingerprint density at radius 1 is 1.10 bits per heavy atom. The molecule has 156 valence electrons. The fourth-order valence-electron chi connectivity index (χ4n) is 2.81. The van der Waals surface area contributed by atoms with Crippen LogP contribution in [0.1, 0.15) is 30.5 Å². The molecule has 0 aromatic heterocycles. The molecule has 6 nitrogen and oxygen atoms in total. The number of esters is 1. The first-order valence-corrected chi connectivity index (χ1v) is 10.4. The molecule has 2 aromatic rings. The summed E-state index contributed by atoms with van der Waals surface area (Å²) in [7, 11) is 0. The first-order valence-electron chi connectivity index (χ1n) is 9.55. The third-order valence-corrected chi connectivity index (χ3v) is 5.27. The van der Waals surface area contributed by atoms with E-state index in [9.17, 15) is 14.4 Å². The molecule has 0 unspecified atom stereocenters. The van der Waals surface area contributed by atoms with Crippen LogP contribution in [0.4, 0.5) is 4.79 Å². The zero-order valence-corrected chi connectivity index (χ0v) is 17.9. The molecule has 1 saturated heterocycles. The van der Waals surface area contributed by atoms with Crippen LogP contribution in [0.15, 0.2) is 53.4 Å². The van der Waals surface area contributed by atoms with Crippen LogP contribution in [0, 0.1) is 6.92 Å². The molecule has 0 atom stereocenters. The van der Waals surface area contributed by atoms with E-state index in [1.165, 1.54) is 5.56 Å². The number of carbonyl (C=O) groups excluding carboxylic acids is 3. The average Bonchev–Trinajstić information content (AvgIpc) is 2.95. The molecule has 0 N–H and O–H groups in total. The van der Waals surface area contributed by atoms with Crippen molar-refractivity contribution in [2.24, 2.45) is 0 Å². The van der Waals surface area contributed by atoms with Crippen molar-refractivity contribution in [3.63, 3.8) is 0 Å². The highest BCUT2D eigenvalue weighted by molar-refractivity contribution is 8.18. The van der Waals surface area contributed by atoms with Crippen molar-refractivity contribution in [3.05, 3.63) is 70.1 Å². The van der Waals surface area contributed by atoms with Crippen molar-refractivity contribution in [2.45, 2.75) is 33.5 Å². The Morgan fingerprint density at radius 2 is 1.80 bits per heavy atom. The Kier molecular flexibility index (Phi) is 6.95. The van der Waals surface area contributed by atoms with Crippen LogP contribution in [0.2, 0.25) is 0 Å². The second-order valence-electron chi connectivity index (χ2n) is 7.09. The minimum absolute atomic E-state index is 0.269. The highest BCUT2D eigenvalue weighted by atomic mass is 32.2. The number of ether oxygens (including phenoxy) is 2. The van der Waals surface area contributed by atoms with Gasteiger partial charge in [-0.3, -0.25) is 19.3 Å². The van der Waals surface area contributed by atoms with Crippen molar-refractivity contribution in [1.29, 1.82) is 0 Å². The van der Waals surface area contributed by atoms with Gasteiger partial charge in [0, 0.05) is 0 Å². The summed E-state index contributed by atoms with van der Waals surface area (Å²) in [6, 6.07) is 15.3. The monoisotopic (exact) mass is 425 g/mol. The van der Waals surface area contributed by atoms with E-state index in [0.717, 1.165) is 27.8 Å². The lowest BCUT2D eigenvalue weighted by Gasteiger charge is -2.13. The number of hydrogen-bond acceptors (Lipinski definition) is 6. The number of hydrogen-bond donors (Lipinski definition) is 0. The predicted octanol–water partition coefficient (Wildman–Crippen LogP) is 4.56. The van der Waals surface area contributed by atoms with Gasteiger partial charge in [-0.15, -0.1) is 0 Å². The zero-order chi connectivity index (χ0) is 21.7. The standard InChI is InChI=1S/C23H23NO5S/c1-15(2)29-21(25)13-24-22(26)20(30-23(24)27)12-17-8-10-19(11-9-17)28-14-18-7-5-4-6-16(18)3/h4-12,15H,13-14H2,1-3H3/b20-12-. The van der Waals surface area contributed by atoms with Crippen LogP contribution in [0.3, 0.4) is 0 Å². The van der Waals surface area contributed by atoms with Gasteiger partial charge in [0.25, 0.3) is 11.1 Å². The van der Waals surface area contributed by atoms with E-state index in [0.29, 0.717) is 12.4 Å². The van der Waals surface area contributed by atoms with Crippen molar-refractivity contribution in [1.82, 2.24) is 4.90 Å². The first-order chi connectivity index (χ1) is 14.3. The van der Waals surface area contributed by atoms with Crippen LogP contribution in [-0.2, 0) is 20.9 Å². The molecule has 1 fully saturated rings.